The van der Waals surface area contributed by atoms with Gasteiger partial charge in [-0.2, -0.15) is 0 Å². The highest BCUT2D eigenvalue weighted by molar-refractivity contribution is 6.30. The number of nitrogens with one attached hydrogen (secondary N) is 1. The van der Waals surface area contributed by atoms with E-state index in [0.717, 1.165) is 34.1 Å². The molecule has 0 unspecified atom stereocenters. The van der Waals surface area contributed by atoms with Crippen molar-refractivity contribution in [3.8, 4) is 17.3 Å². The zero-order chi connectivity index (χ0) is 18.5. The van der Waals surface area contributed by atoms with E-state index in [2.05, 4.69) is 9.97 Å². The fraction of sp³-hybridized carbons (Fsp3) is 0.0909. The topological polar surface area (TPSA) is 50.8 Å². The van der Waals surface area contributed by atoms with Crippen molar-refractivity contribution in [1.29, 1.82) is 0 Å². The minimum atomic E-state index is 0. The summed E-state index contributed by atoms with van der Waals surface area (Å²) >= 11 is 6.22. The quantitative estimate of drug-likeness (QED) is 0.441. The highest BCUT2D eigenvalue weighted by Crippen LogP contribution is 2.26. The molecule has 1 N–H and O–H groups in total. The number of aromatic amines is 1. The first-order valence-electron chi connectivity index (χ1n) is 8.69. The lowest BCUT2D eigenvalue weighted by atomic mass is 10.1. The van der Waals surface area contributed by atoms with E-state index in [-0.39, 0.29) is 12.4 Å². The molecule has 0 atom stereocenters. The largest absolute Gasteiger partial charge is 0.489 e. The van der Waals surface area contributed by atoms with Crippen LogP contribution in [0.3, 0.4) is 0 Å². The lowest BCUT2D eigenvalue weighted by Gasteiger charge is -2.12. The molecule has 0 saturated carbocycles. The average Bonchev–Trinajstić information content (AvgIpc) is 3.23. The number of halogens is 2. The molecule has 2 heterocycles. The van der Waals surface area contributed by atoms with E-state index in [0.29, 0.717) is 18.1 Å². The van der Waals surface area contributed by atoms with Crippen LogP contribution in [-0.4, -0.2) is 15.0 Å². The Labute approximate surface area is 175 Å². The molecule has 28 heavy (non-hydrogen) atoms. The molecular weight excluding hydrogens is 393 g/mol. The third-order valence-corrected chi connectivity index (χ3v) is 4.41. The van der Waals surface area contributed by atoms with Gasteiger partial charge in [0.05, 0.1) is 0 Å². The number of pyridine rings is 1. The van der Waals surface area contributed by atoms with Crippen molar-refractivity contribution in [2.24, 2.45) is 0 Å². The molecule has 0 bridgehead atoms. The van der Waals surface area contributed by atoms with Gasteiger partial charge in [-0.25, -0.2) is 9.97 Å². The molecule has 0 saturated heterocycles. The van der Waals surface area contributed by atoms with E-state index in [1.807, 2.05) is 66.7 Å². The smallest absolute Gasteiger partial charge is 0.155 e. The van der Waals surface area contributed by atoms with Gasteiger partial charge in [-0.05, 0) is 35.9 Å². The number of aromatic nitrogens is 3. The van der Waals surface area contributed by atoms with Crippen LogP contribution in [0.2, 0.25) is 5.02 Å². The van der Waals surface area contributed by atoms with Crippen LogP contribution in [0, 0.1) is 0 Å². The van der Waals surface area contributed by atoms with Gasteiger partial charge in [0.25, 0.3) is 0 Å². The number of hydrogen-bond donors (Lipinski definition) is 1. The number of H-pyrrole nitrogens is 1. The summed E-state index contributed by atoms with van der Waals surface area (Å²) < 4.78 is 6.05. The fourth-order valence-electron chi connectivity index (χ4n) is 2.87. The van der Waals surface area contributed by atoms with E-state index in [9.17, 15) is 0 Å². The van der Waals surface area contributed by atoms with Crippen LogP contribution in [0.15, 0.2) is 79.1 Å². The molecular formula is C22H19Cl2N3O. The highest BCUT2D eigenvalue weighted by atomic mass is 35.5. The minimum absolute atomic E-state index is 0. The van der Waals surface area contributed by atoms with Crippen molar-refractivity contribution in [3.63, 3.8) is 0 Å². The fourth-order valence-corrected chi connectivity index (χ4v) is 3.07. The summed E-state index contributed by atoms with van der Waals surface area (Å²) in [7, 11) is 0. The second-order valence-electron chi connectivity index (χ2n) is 6.16. The third kappa shape index (κ3) is 4.91. The molecule has 0 spiro atoms. The summed E-state index contributed by atoms with van der Waals surface area (Å²) in [5, 5.41) is 0.680. The molecule has 0 aliphatic rings. The molecule has 0 radical (unpaired) electrons. The van der Waals surface area contributed by atoms with E-state index < -0.39 is 0 Å². The minimum Gasteiger partial charge on any atom is -0.489 e. The van der Waals surface area contributed by atoms with E-state index in [4.69, 9.17) is 21.3 Å². The number of imidazole rings is 1. The Morgan fingerprint density at radius 3 is 2.61 bits per heavy atom. The molecule has 2 aromatic carbocycles. The molecule has 4 rings (SSSR count). The number of hydrogen-bond acceptors (Lipinski definition) is 3. The van der Waals surface area contributed by atoms with Crippen LogP contribution in [0.5, 0.6) is 5.75 Å². The third-order valence-electron chi connectivity index (χ3n) is 4.18. The molecule has 142 valence electrons. The SMILES string of the molecule is Cl.Clc1ccc(OCc2ccccc2)c(Cc2cccc(-c3ncc[nH]3)n2)c1. The maximum Gasteiger partial charge on any atom is 0.155 e. The maximum atomic E-state index is 6.22. The van der Waals surface area contributed by atoms with Crippen molar-refractivity contribution in [1.82, 2.24) is 15.0 Å². The summed E-state index contributed by atoms with van der Waals surface area (Å²) in [5.74, 6) is 1.57. The number of rotatable bonds is 6. The predicted octanol–water partition coefficient (Wildman–Crippen LogP) is 5.72. The molecule has 6 heteroatoms. The molecule has 0 aliphatic carbocycles. The van der Waals surface area contributed by atoms with Gasteiger partial charge in [-0.1, -0.05) is 48.0 Å². The van der Waals surface area contributed by atoms with Crippen LogP contribution in [0.4, 0.5) is 0 Å². The summed E-state index contributed by atoms with van der Waals surface area (Å²) in [6.45, 7) is 0.509. The van der Waals surface area contributed by atoms with Gasteiger partial charge in [0.2, 0.25) is 0 Å². The van der Waals surface area contributed by atoms with Crippen molar-refractivity contribution in [2.45, 2.75) is 13.0 Å². The summed E-state index contributed by atoms with van der Waals surface area (Å²) in [4.78, 5) is 12.1. The second kappa shape index (κ2) is 9.40. The molecule has 2 aromatic heterocycles. The van der Waals surface area contributed by atoms with Gasteiger partial charge in [-0.3, -0.25) is 0 Å². The summed E-state index contributed by atoms with van der Waals surface area (Å²) in [6, 6.07) is 21.7. The van der Waals surface area contributed by atoms with Gasteiger partial charge >= 0.3 is 0 Å². The Bertz CT molecular complexity index is 1020. The van der Waals surface area contributed by atoms with Crippen LogP contribution in [0.1, 0.15) is 16.8 Å². The summed E-state index contributed by atoms with van der Waals surface area (Å²) in [5.41, 5.74) is 3.86. The summed E-state index contributed by atoms with van der Waals surface area (Å²) in [6.07, 6.45) is 4.13. The van der Waals surface area contributed by atoms with Gasteiger partial charge < -0.3 is 9.72 Å². The Kier molecular flexibility index (Phi) is 6.69. The first-order valence-corrected chi connectivity index (χ1v) is 9.06. The first-order chi connectivity index (χ1) is 13.3. The normalized spacial score (nSPS) is 10.3. The lowest BCUT2D eigenvalue weighted by molar-refractivity contribution is 0.303. The van der Waals surface area contributed by atoms with Gasteiger partial charge in [0.1, 0.15) is 18.1 Å². The van der Waals surface area contributed by atoms with E-state index in [1.165, 1.54) is 0 Å². The molecule has 4 nitrogen and oxygen atoms in total. The van der Waals surface area contributed by atoms with Crippen LogP contribution in [-0.2, 0) is 13.0 Å². The first kappa shape index (κ1) is 19.9. The van der Waals surface area contributed by atoms with Crippen LogP contribution >= 0.6 is 24.0 Å². The van der Waals surface area contributed by atoms with Crippen molar-refractivity contribution < 1.29 is 4.74 Å². The highest BCUT2D eigenvalue weighted by Gasteiger charge is 2.09. The standard InChI is InChI=1S/C22H18ClN3O.ClH/c23-18-9-10-21(27-15-16-5-2-1-3-6-16)17(13-18)14-19-7-4-8-20(26-19)22-24-11-12-25-22;/h1-13H,14-15H2,(H,24,25);1H. The number of benzene rings is 2. The number of ether oxygens (including phenoxy) is 1. The van der Waals surface area contributed by atoms with Gasteiger partial charge in [0.15, 0.2) is 5.82 Å². The van der Waals surface area contributed by atoms with Crippen molar-refractivity contribution >= 4 is 24.0 Å². The maximum absolute atomic E-state index is 6.22. The Morgan fingerprint density at radius 2 is 1.82 bits per heavy atom. The Morgan fingerprint density at radius 1 is 0.964 bits per heavy atom. The Balaban J connectivity index is 0.00000225. The van der Waals surface area contributed by atoms with E-state index in [1.54, 1.807) is 12.4 Å². The molecule has 0 fully saturated rings. The van der Waals surface area contributed by atoms with Crippen LogP contribution < -0.4 is 4.74 Å². The predicted molar refractivity (Wildman–Crippen MR) is 114 cm³/mol. The Hall–Kier alpha value is -2.82. The van der Waals surface area contributed by atoms with Crippen molar-refractivity contribution in [3.05, 3.63) is 101 Å². The zero-order valence-electron chi connectivity index (χ0n) is 15.0. The average molecular weight is 412 g/mol. The van der Waals surface area contributed by atoms with E-state index >= 15 is 0 Å². The molecule has 0 aliphatic heterocycles. The van der Waals surface area contributed by atoms with Crippen molar-refractivity contribution in [2.75, 3.05) is 0 Å². The zero-order valence-corrected chi connectivity index (χ0v) is 16.6. The van der Waals surface area contributed by atoms with Gasteiger partial charge in [-0.15, -0.1) is 12.4 Å². The molecule has 0 amide bonds. The lowest BCUT2D eigenvalue weighted by Crippen LogP contribution is -2.01. The molecule has 4 aromatic rings. The number of nitrogens with zero attached hydrogens (tertiary/aromatic N) is 2. The second-order valence-corrected chi connectivity index (χ2v) is 6.59. The van der Waals surface area contributed by atoms with Gasteiger partial charge in [0, 0.05) is 35.1 Å². The van der Waals surface area contributed by atoms with Crippen LogP contribution in [0.25, 0.3) is 11.5 Å². The monoisotopic (exact) mass is 411 g/mol.